The summed E-state index contributed by atoms with van der Waals surface area (Å²) >= 11 is 5.81. The number of carboxylic acids is 1. The summed E-state index contributed by atoms with van der Waals surface area (Å²) in [7, 11) is 0. The molecule has 4 unspecified atom stereocenters. The zero-order valence-electron chi connectivity index (χ0n) is 11.1. The van der Waals surface area contributed by atoms with E-state index in [0.29, 0.717) is 22.4 Å². The van der Waals surface area contributed by atoms with Gasteiger partial charge in [0.1, 0.15) is 5.92 Å². The van der Waals surface area contributed by atoms with Crippen molar-refractivity contribution in [2.45, 2.75) is 25.7 Å². The summed E-state index contributed by atoms with van der Waals surface area (Å²) in [6, 6.07) is 6.50. The lowest BCUT2D eigenvalue weighted by Gasteiger charge is -2.26. The molecule has 0 amide bonds. The maximum atomic E-state index is 12.5. The first-order valence-corrected chi connectivity index (χ1v) is 7.46. The summed E-state index contributed by atoms with van der Waals surface area (Å²) in [5.41, 5.74) is 0.449. The molecule has 2 saturated carbocycles. The first-order chi connectivity index (χ1) is 9.56. The van der Waals surface area contributed by atoms with Crippen LogP contribution in [-0.4, -0.2) is 16.9 Å². The van der Waals surface area contributed by atoms with Gasteiger partial charge in [-0.05, 0) is 61.3 Å². The minimum Gasteiger partial charge on any atom is -0.481 e. The molecule has 4 atom stereocenters. The highest BCUT2D eigenvalue weighted by atomic mass is 35.5. The molecule has 1 aromatic rings. The molecule has 0 radical (unpaired) electrons. The Morgan fingerprint density at radius 2 is 1.85 bits per heavy atom. The molecule has 0 spiro atoms. The van der Waals surface area contributed by atoms with Gasteiger partial charge in [-0.25, -0.2) is 0 Å². The van der Waals surface area contributed by atoms with Crippen LogP contribution in [0.2, 0.25) is 5.02 Å². The highest BCUT2D eigenvalue weighted by Gasteiger charge is 2.48. The number of carbonyl (C=O) groups excluding carboxylic acids is 1. The van der Waals surface area contributed by atoms with Crippen molar-refractivity contribution in [2.75, 3.05) is 0 Å². The zero-order chi connectivity index (χ0) is 14.3. The predicted octanol–water partition coefficient (Wildman–Crippen LogP) is 3.66. The lowest BCUT2D eigenvalue weighted by molar-refractivity contribution is -0.142. The number of ketones is 1. The lowest BCUT2D eigenvalue weighted by Crippen LogP contribution is -2.34. The first-order valence-electron chi connectivity index (χ1n) is 7.09. The number of aliphatic carboxylic acids is 1. The minimum absolute atomic E-state index is 0.00873. The SMILES string of the molecule is O=C(O)C(C(=O)c1ccc(Cl)cc1)C1CC2CCC1C2. The second-order valence-corrected chi connectivity index (χ2v) is 6.46. The van der Waals surface area contributed by atoms with Crippen molar-refractivity contribution in [3.8, 4) is 0 Å². The number of carbonyl (C=O) groups is 2. The maximum Gasteiger partial charge on any atom is 0.314 e. The Labute approximate surface area is 122 Å². The Kier molecular flexibility index (Phi) is 3.55. The molecule has 3 rings (SSSR count). The van der Waals surface area contributed by atoms with Crippen LogP contribution in [0.3, 0.4) is 0 Å². The summed E-state index contributed by atoms with van der Waals surface area (Å²) in [6.45, 7) is 0. The topological polar surface area (TPSA) is 54.4 Å². The molecule has 2 fully saturated rings. The van der Waals surface area contributed by atoms with E-state index in [1.807, 2.05) is 0 Å². The van der Waals surface area contributed by atoms with Gasteiger partial charge >= 0.3 is 5.97 Å². The third-order valence-corrected chi connectivity index (χ3v) is 5.15. The molecule has 106 valence electrons. The Morgan fingerprint density at radius 3 is 2.35 bits per heavy atom. The van der Waals surface area contributed by atoms with Crippen molar-refractivity contribution in [3.05, 3.63) is 34.9 Å². The molecular formula is C16H17ClO3. The van der Waals surface area contributed by atoms with Crippen LogP contribution in [0.25, 0.3) is 0 Å². The summed E-state index contributed by atoms with van der Waals surface area (Å²) in [5, 5.41) is 10.1. The molecule has 0 saturated heterocycles. The van der Waals surface area contributed by atoms with Gasteiger partial charge in [0.15, 0.2) is 5.78 Å². The average molecular weight is 293 g/mol. The maximum absolute atomic E-state index is 12.5. The number of benzene rings is 1. The number of Topliss-reactive ketones (excluding diaryl/α,β-unsaturated/α-hetero) is 1. The fourth-order valence-corrected chi connectivity index (χ4v) is 4.11. The standard InChI is InChI=1S/C16H17ClO3/c17-12-5-3-10(4-6-12)15(18)14(16(19)20)13-8-9-1-2-11(13)7-9/h3-6,9,11,13-14H,1-2,7-8H2,(H,19,20). The van der Waals surface area contributed by atoms with E-state index < -0.39 is 11.9 Å². The number of fused-ring (bicyclic) bond motifs is 2. The van der Waals surface area contributed by atoms with Crippen molar-refractivity contribution >= 4 is 23.4 Å². The van der Waals surface area contributed by atoms with E-state index in [-0.39, 0.29) is 11.7 Å². The average Bonchev–Trinajstić information content (AvgIpc) is 3.01. The van der Waals surface area contributed by atoms with E-state index in [0.717, 1.165) is 19.3 Å². The van der Waals surface area contributed by atoms with Crippen LogP contribution in [0.15, 0.2) is 24.3 Å². The number of rotatable bonds is 4. The second kappa shape index (κ2) is 5.21. The molecule has 0 aromatic heterocycles. The van der Waals surface area contributed by atoms with Crippen molar-refractivity contribution in [3.63, 3.8) is 0 Å². The highest BCUT2D eigenvalue weighted by molar-refractivity contribution is 6.30. The summed E-state index contributed by atoms with van der Waals surface area (Å²) in [6.07, 6.45) is 4.26. The Balaban J connectivity index is 1.85. The van der Waals surface area contributed by atoms with Crippen LogP contribution >= 0.6 is 11.6 Å². The van der Waals surface area contributed by atoms with Gasteiger partial charge in [-0.1, -0.05) is 18.0 Å². The Bertz CT molecular complexity index is 537. The number of hydrogen-bond acceptors (Lipinski definition) is 2. The molecule has 4 heteroatoms. The van der Waals surface area contributed by atoms with Crippen LogP contribution in [0.1, 0.15) is 36.0 Å². The molecular weight excluding hydrogens is 276 g/mol. The lowest BCUT2D eigenvalue weighted by atomic mass is 9.76. The first kappa shape index (κ1) is 13.6. The Morgan fingerprint density at radius 1 is 1.15 bits per heavy atom. The highest BCUT2D eigenvalue weighted by Crippen LogP contribution is 2.51. The van der Waals surface area contributed by atoms with E-state index in [2.05, 4.69) is 0 Å². The van der Waals surface area contributed by atoms with Gasteiger partial charge in [0.05, 0.1) is 0 Å². The van der Waals surface area contributed by atoms with Gasteiger partial charge in [-0.2, -0.15) is 0 Å². The number of carboxylic acid groups (broad SMARTS) is 1. The number of halogens is 1. The minimum atomic E-state index is -0.984. The van der Waals surface area contributed by atoms with Gasteiger partial charge in [0.2, 0.25) is 0 Å². The van der Waals surface area contributed by atoms with Crippen molar-refractivity contribution in [1.29, 1.82) is 0 Å². The normalized spacial score (nSPS) is 29.4. The third-order valence-electron chi connectivity index (χ3n) is 4.90. The van der Waals surface area contributed by atoms with Gasteiger partial charge in [-0.15, -0.1) is 0 Å². The largest absolute Gasteiger partial charge is 0.481 e. The molecule has 2 aliphatic carbocycles. The van der Waals surface area contributed by atoms with Gasteiger partial charge in [-0.3, -0.25) is 9.59 Å². The van der Waals surface area contributed by atoms with Crippen LogP contribution in [-0.2, 0) is 4.79 Å². The second-order valence-electron chi connectivity index (χ2n) is 6.03. The molecule has 0 aliphatic heterocycles. The molecule has 0 heterocycles. The summed E-state index contributed by atoms with van der Waals surface area (Å²) < 4.78 is 0. The third kappa shape index (κ3) is 2.35. The van der Waals surface area contributed by atoms with E-state index in [4.69, 9.17) is 11.6 Å². The van der Waals surface area contributed by atoms with Crippen LogP contribution < -0.4 is 0 Å². The quantitative estimate of drug-likeness (QED) is 0.680. The van der Waals surface area contributed by atoms with Crippen molar-refractivity contribution < 1.29 is 14.7 Å². The van der Waals surface area contributed by atoms with Crippen LogP contribution in [0, 0.1) is 23.7 Å². The molecule has 3 nitrogen and oxygen atoms in total. The van der Waals surface area contributed by atoms with Gasteiger partial charge in [0.25, 0.3) is 0 Å². The van der Waals surface area contributed by atoms with E-state index in [9.17, 15) is 14.7 Å². The van der Waals surface area contributed by atoms with Crippen LogP contribution in [0.4, 0.5) is 0 Å². The van der Waals surface area contributed by atoms with Crippen LogP contribution in [0.5, 0.6) is 0 Å². The van der Waals surface area contributed by atoms with E-state index in [1.165, 1.54) is 6.42 Å². The molecule has 2 aliphatic rings. The summed E-state index contributed by atoms with van der Waals surface area (Å²) in [4.78, 5) is 24.1. The van der Waals surface area contributed by atoms with E-state index in [1.54, 1.807) is 24.3 Å². The van der Waals surface area contributed by atoms with E-state index >= 15 is 0 Å². The zero-order valence-corrected chi connectivity index (χ0v) is 11.8. The van der Waals surface area contributed by atoms with Crippen molar-refractivity contribution in [1.82, 2.24) is 0 Å². The molecule has 2 bridgehead atoms. The predicted molar refractivity (Wildman–Crippen MR) is 75.8 cm³/mol. The molecule has 1 N–H and O–H groups in total. The number of hydrogen-bond donors (Lipinski definition) is 1. The van der Waals surface area contributed by atoms with Gasteiger partial charge < -0.3 is 5.11 Å². The fraction of sp³-hybridized carbons (Fsp3) is 0.500. The summed E-state index contributed by atoms with van der Waals surface area (Å²) in [5.74, 6) is -1.10. The smallest absolute Gasteiger partial charge is 0.314 e. The molecule has 20 heavy (non-hydrogen) atoms. The van der Waals surface area contributed by atoms with Crippen molar-refractivity contribution in [2.24, 2.45) is 23.7 Å². The van der Waals surface area contributed by atoms with Gasteiger partial charge in [0, 0.05) is 10.6 Å². The Hall–Kier alpha value is -1.35. The fourth-order valence-electron chi connectivity index (χ4n) is 3.99. The monoisotopic (exact) mass is 292 g/mol. The molecule has 1 aromatic carbocycles.